The Morgan fingerprint density at radius 2 is 2.12 bits per heavy atom. The third kappa shape index (κ3) is 3.84. The number of ether oxygens (including phenoxy) is 1. The van der Waals surface area contributed by atoms with Crippen LogP contribution in [0.3, 0.4) is 0 Å². The van der Waals surface area contributed by atoms with Gasteiger partial charge in [-0.3, -0.25) is 0 Å². The van der Waals surface area contributed by atoms with Gasteiger partial charge in [-0.2, -0.15) is 18.4 Å². The lowest BCUT2D eigenvalue weighted by molar-refractivity contribution is -0.140. The number of hydrogen-bond acceptors (Lipinski definition) is 6. The number of nitrogens with one attached hydrogen (secondary N) is 2. The Morgan fingerprint density at radius 1 is 1.28 bits per heavy atom. The van der Waals surface area contributed by atoms with Gasteiger partial charge >= 0.3 is 6.18 Å². The fourth-order valence-corrected chi connectivity index (χ4v) is 4.56. The van der Waals surface area contributed by atoms with Crippen LogP contribution in [0.2, 0.25) is 0 Å². The summed E-state index contributed by atoms with van der Waals surface area (Å²) in [7, 11) is 0. The first-order chi connectivity index (χ1) is 15.4. The number of para-hydroxylation sites is 1. The maximum Gasteiger partial charge on any atom is 0.431 e. The summed E-state index contributed by atoms with van der Waals surface area (Å²) in [6, 6.07) is 10.8. The van der Waals surface area contributed by atoms with E-state index in [4.69, 9.17) is 4.74 Å². The van der Waals surface area contributed by atoms with Gasteiger partial charge in [0.2, 0.25) is 0 Å². The molecule has 5 rings (SSSR count). The maximum absolute atomic E-state index is 13.2. The second-order valence-corrected chi connectivity index (χ2v) is 8.27. The molecule has 1 aromatic carbocycles. The number of rotatable bonds is 4. The number of anilines is 1. The number of aromatic amines is 1. The lowest BCUT2D eigenvalue weighted by Gasteiger charge is -2.36. The molecule has 166 valence electrons. The Hall–Kier alpha value is -3.32. The predicted octanol–water partition coefficient (Wildman–Crippen LogP) is 3.98. The van der Waals surface area contributed by atoms with E-state index in [0.717, 1.165) is 30.3 Å². The fraction of sp³-hybridized carbons (Fsp3) is 0.409. The summed E-state index contributed by atoms with van der Waals surface area (Å²) in [5.41, 5.74) is 0.195. The molecule has 0 amide bonds. The molecule has 10 heteroatoms. The summed E-state index contributed by atoms with van der Waals surface area (Å²) in [4.78, 5) is 12.8. The zero-order valence-corrected chi connectivity index (χ0v) is 17.1. The number of nitrogens with zero attached hydrogens (tertiary/aromatic N) is 4. The van der Waals surface area contributed by atoms with E-state index < -0.39 is 11.9 Å². The zero-order chi connectivity index (χ0) is 22.3. The van der Waals surface area contributed by atoms with Crippen LogP contribution in [0.25, 0.3) is 11.0 Å². The van der Waals surface area contributed by atoms with Gasteiger partial charge in [0.1, 0.15) is 29.2 Å². The largest absolute Gasteiger partial charge is 0.493 e. The number of halogens is 3. The highest BCUT2D eigenvalue weighted by atomic mass is 19.4. The van der Waals surface area contributed by atoms with Crippen molar-refractivity contribution in [1.82, 2.24) is 19.9 Å². The molecule has 1 fully saturated rings. The topological polar surface area (TPSA) is 89.9 Å². The van der Waals surface area contributed by atoms with Gasteiger partial charge in [0, 0.05) is 24.6 Å². The molecule has 1 saturated heterocycles. The van der Waals surface area contributed by atoms with E-state index in [1.165, 1.54) is 6.33 Å². The molecule has 0 saturated carbocycles. The lowest BCUT2D eigenvalue weighted by atomic mass is 9.90. The summed E-state index contributed by atoms with van der Waals surface area (Å²) >= 11 is 0. The standard InChI is InChI=1S/C22H21F3N6O/c23-22(24,25)18-7-16-20(29-18)27-12-28-21(16)30-19-14(10-31-6-5-13(8-26)9-31)11-32-17-4-2-1-3-15(17)19/h1-4,7,12-14,19H,5-6,9-11H2,(H2,27,28,29,30)/t13-,14-,19+/m0/s1. The number of aromatic nitrogens is 3. The van der Waals surface area contributed by atoms with Crippen molar-refractivity contribution in [1.29, 1.82) is 5.26 Å². The van der Waals surface area contributed by atoms with Crippen molar-refractivity contribution in [2.75, 3.05) is 31.6 Å². The highest BCUT2D eigenvalue weighted by molar-refractivity contribution is 5.88. The highest BCUT2D eigenvalue weighted by Gasteiger charge is 2.36. The number of benzene rings is 1. The van der Waals surface area contributed by atoms with Crippen LogP contribution in [0.4, 0.5) is 19.0 Å². The summed E-state index contributed by atoms with van der Waals surface area (Å²) in [5.74, 6) is 1.13. The third-order valence-corrected chi connectivity index (χ3v) is 6.15. The minimum Gasteiger partial charge on any atom is -0.493 e. The molecule has 2 aliphatic heterocycles. The average molecular weight is 442 g/mol. The van der Waals surface area contributed by atoms with Crippen molar-refractivity contribution in [2.45, 2.75) is 18.6 Å². The van der Waals surface area contributed by atoms with Crippen molar-refractivity contribution in [3.63, 3.8) is 0 Å². The van der Waals surface area contributed by atoms with Crippen LogP contribution in [0.1, 0.15) is 23.7 Å². The fourth-order valence-electron chi connectivity index (χ4n) is 4.56. The average Bonchev–Trinajstić information content (AvgIpc) is 3.42. The highest BCUT2D eigenvalue weighted by Crippen LogP contribution is 2.40. The van der Waals surface area contributed by atoms with Crippen molar-refractivity contribution in [2.24, 2.45) is 11.8 Å². The van der Waals surface area contributed by atoms with Gasteiger partial charge in [-0.25, -0.2) is 9.97 Å². The van der Waals surface area contributed by atoms with Crippen LogP contribution in [-0.2, 0) is 6.18 Å². The second-order valence-electron chi connectivity index (χ2n) is 8.27. The van der Waals surface area contributed by atoms with Crippen LogP contribution in [0.15, 0.2) is 36.7 Å². The van der Waals surface area contributed by atoms with Crippen molar-refractivity contribution in [3.8, 4) is 11.8 Å². The SMILES string of the molecule is N#C[C@@H]1CCN(C[C@H]2COc3ccccc3[C@@H]2Nc2ncnc3[nH]c(C(F)(F)F)cc23)C1. The summed E-state index contributed by atoms with van der Waals surface area (Å²) < 4.78 is 45.6. The van der Waals surface area contributed by atoms with Crippen molar-refractivity contribution < 1.29 is 17.9 Å². The molecule has 0 unspecified atom stereocenters. The molecular formula is C22H21F3N6O. The number of nitriles is 1. The number of alkyl halides is 3. The van der Waals surface area contributed by atoms with Crippen molar-refractivity contribution >= 4 is 16.9 Å². The lowest BCUT2D eigenvalue weighted by Crippen LogP contribution is -2.39. The van der Waals surface area contributed by atoms with E-state index in [9.17, 15) is 18.4 Å². The molecular weight excluding hydrogens is 421 g/mol. The molecule has 0 radical (unpaired) electrons. The van der Waals surface area contributed by atoms with Crippen LogP contribution in [0, 0.1) is 23.2 Å². The van der Waals surface area contributed by atoms with Gasteiger partial charge in [0.05, 0.1) is 30.0 Å². The van der Waals surface area contributed by atoms with Gasteiger partial charge < -0.3 is 19.9 Å². The minimum absolute atomic E-state index is 0.0217. The Balaban J connectivity index is 1.48. The van der Waals surface area contributed by atoms with Gasteiger partial charge in [-0.15, -0.1) is 0 Å². The Bertz CT molecular complexity index is 1170. The summed E-state index contributed by atoms with van der Waals surface area (Å²) in [5, 5.41) is 12.9. The van der Waals surface area contributed by atoms with E-state index in [1.807, 2.05) is 24.3 Å². The van der Waals surface area contributed by atoms with E-state index in [2.05, 4.69) is 31.2 Å². The minimum atomic E-state index is -4.50. The van der Waals surface area contributed by atoms with Crippen molar-refractivity contribution in [3.05, 3.63) is 47.9 Å². The maximum atomic E-state index is 13.2. The Kier molecular flexibility index (Phi) is 5.13. The van der Waals surface area contributed by atoms with E-state index in [-0.39, 0.29) is 28.9 Å². The first-order valence-electron chi connectivity index (χ1n) is 10.4. The number of likely N-dealkylation sites (tertiary alicyclic amines) is 1. The monoisotopic (exact) mass is 442 g/mol. The van der Waals surface area contributed by atoms with Gasteiger partial charge in [0.25, 0.3) is 0 Å². The third-order valence-electron chi connectivity index (χ3n) is 6.15. The van der Waals surface area contributed by atoms with Gasteiger partial charge in [0.15, 0.2) is 0 Å². The zero-order valence-electron chi connectivity index (χ0n) is 17.1. The number of hydrogen-bond donors (Lipinski definition) is 2. The smallest absolute Gasteiger partial charge is 0.431 e. The Labute approximate surface area is 182 Å². The first kappa shape index (κ1) is 20.6. The molecule has 0 bridgehead atoms. The van der Waals surface area contributed by atoms with Gasteiger partial charge in [-0.1, -0.05) is 18.2 Å². The molecule has 3 aromatic rings. The summed E-state index contributed by atoms with van der Waals surface area (Å²) in [6.45, 7) is 2.72. The molecule has 2 aliphatic rings. The van der Waals surface area contributed by atoms with Crippen LogP contribution >= 0.6 is 0 Å². The normalized spacial score (nSPS) is 23.5. The quantitative estimate of drug-likeness (QED) is 0.635. The molecule has 2 aromatic heterocycles. The molecule has 0 spiro atoms. The van der Waals surface area contributed by atoms with Gasteiger partial charge in [-0.05, 0) is 25.1 Å². The molecule has 7 nitrogen and oxygen atoms in total. The Morgan fingerprint density at radius 3 is 2.91 bits per heavy atom. The van der Waals surface area contributed by atoms with Crippen LogP contribution in [0.5, 0.6) is 5.75 Å². The molecule has 3 atom stereocenters. The molecule has 2 N–H and O–H groups in total. The van der Waals surface area contributed by atoms with Crippen LogP contribution in [-0.4, -0.2) is 46.1 Å². The molecule has 4 heterocycles. The predicted molar refractivity (Wildman–Crippen MR) is 111 cm³/mol. The second kappa shape index (κ2) is 7.98. The molecule has 32 heavy (non-hydrogen) atoms. The first-order valence-corrected chi connectivity index (χ1v) is 10.4. The number of H-pyrrole nitrogens is 1. The summed E-state index contributed by atoms with van der Waals surface area (Å²) in [6.07, 6.45) is -2.41. The van der Waals surface area contributed by atoms with E-state index in [0.29, 0.717) is 25.5 Å². The molecule has 0 aliphatic carbocycles. The number of fused-ring (bicyclic) bond motifs is 2. The van der Waals surface area contributed by atoms with E-state index >= 15 is 0 Å². The van der Waals surface area contributed by atoms with E-state index in [1.54, 1.807) is 0 Å². The van der Waals surface area contributed by atoms with Crippen LogP contribution < -0.4 is 10.1 Å².